The Hall–Kier alpha value is -11.5. The topological polar surface area (TPSA) is 224 Å². The molecule has 0 aliphatic carbocycles. The van der Waals surface area contributed by atoms with Gasteiger partial charge in [0.15, 0.2) is 11.3 Å². The number of nitrogens with zero attached hydrogens (tertiary/aromatic N) is 18. The highest BCUT2D eigenvalue weighted by molar-refractivity contribution is 6.35. The Morgan fingerprint density at radius 2 is 1.05 bits per heavy atom. The van der Waals surface area contributed by atoms with Crippen molar-refractivity contribution in [1.29, 1.82) is 0 Å². The van der Waals surface area contributed by atoms with E-state index in [0.29, 0.717) is 153 Å². The predicted molar refractivity (Wildman–Crippen MR) is 516 cm³/mol. The van der Waals surface area contributed by atoms with Crippen LogP contribution in [0.1, 0.15) is 139 Å². The molecule has 131 heavy (non-hydrogen) atoms. The number of ether oxygens (including phenoxy) is 1. The molecule has 5 aliphatic rings. The zero-order valence-corrected chi connectivity index (χ0v) is 79.0. The van der Waals surface area contributed by atoms with Crippen LogP contribution in [-0.4, -0.2) is 222 Å². The lowest BCUT2D eigenvalue weighted by atomic mass is 9.90. The molecule has 4 aromatic carbocycles. The molecule has 0 saturated carbocycles. The van der Waals surface area contributed by atoms with Gasteiger partial charge in [-0.15, -0.1) is 0 Å². The lowest BCUT2D eigenvalue weighted by Gasteiger charge is -2.44. The number of hydrogen-bond acceptors (Lipinski definition) is 19. The van der Waals surface area contributed by atoms with Gasteiger partial charge in [-0.25, -0.2) is 56.2 Å². The number of aromatic nitrogens is 9. The number of anilines is 4. The van der Waals surface area contributed by atoms with Gasteiger partial charge in [0.1, 0.15) is 34.9 Å². The molecule has 5 saturated heterocycles. The fourth-order valence-electron chi connectivity index (χ4n) is 18.6. The van der Waals surface area contributed by atoms with Gasteiger partial charge in [-0.3, -0.25) is 24.3 Å². The van der Waals surface area contributed by atoms with E-state index in [1.54, 1.807) is 78.9 Å². The summed E-state index contributed by atoms with van der Waals surface area (Å²) < 4.78 is 66.9. The Bertz CT molecular complexity index is 6340. The zero-order valence-electron chi connectivity index (χ0n) is 76.7. The van der Waals surface area contributed by atoms with Gasteiger partial charge in [-0.2, -0.15) is 9.97 Å². The summed E-state index contributed by atoms with van der Waals surface area (Å²) in [4.78, 5) is 117. The number of amides is 3. The van der Waals surface area contributed by atoms with Crippen molar-refractivity contribution in [3.05, 3.63) is 240 Å². The van der Waals surface area contributed by atoms with Gasteiger partial charge in [-0.05, 0) is 186 Å². The van der Waals surface area contributed by atoms with Gasteiger partial charge < -0.3 is 43.9 Å². The molecule has 0 bridgehead atoms. The minimum Gasteiger partial charge on any atom is -0.379 e. The van der Waals surface area contributed by atoms with Crippen molar-refractivity contribution in [2.45, 2.75) is 163 Å². The lowest BCUT2D eigenvalue weighted by molar-refractivity contribution is -0.129. The van der Waals surface area contributed by atoms with Gasteiger partial charge in [0.2, 0.25) is 17.7 Å². The molecule has 31 heteroatoms. The highest BCUT2D eigenvalue weighted by Crippen LogP contribution is 2.46. The molecule has 12 heterocycles. The van der Waals surface area contributed by atoms with E-state index in [0.717, 1.165) is 75.4 Å². The van der Waals surface area contributed by atoms with E-state index in [-0.39, 0.29) is 98.2 Å². The summed E-state index contributed by atoms with van der Waals surface area (Å²) in [7, 11) is 4.04. The van der Waals surface area contributed by atoms with Crippen molar-refractivity contribution >= 4 is 109 Å². The Balaban J connectivity index is 0.000000158. The number of halogens is 7. The first-order valence-corrected chi connectivity index (χ1v) is 45.8. The van der Waals surface area contributed by atoms with E-state index in [2.05, 4.69) is 107 Å². The fraction of sp³-hybridized carbons (Fsp3) is 0.400. The van der Waals surface area contributed by atoms with E-state index in [9.17, 15) is 32.8 Å². The molecule has 24 nitrogen and oxygen atoms in total. The third-order valence-electron chi connectivity index (χ3n) is 25.2. The summed E-state index contributed by atoms with van der Waals surface area (Å²) in [5.74, 6) is 0.894. The number of fused-ring (bicyclic) bond motifs is 3. The molecule has 16 rings (SSSR count). The maximum Gasteiger partial charge on any atom is 0.355 e. The van der Waals surface area contributed by atoms with Crippen LogP contribution in [0.3, 0.4) is 0 Å². The minimum absolute atomic E-state index is 0.0218. The second kappa shape index (κ2) is 40.7. The largest absolute Gasteiger partial charge is 0.379 e. The number of carbonyl (C=O) groups excluding carboxylic acids is 3. The number of piperazine rings is 3. The normalized spacial score (nSPS) is 18.1. The number of pyridine rings is 5. The third kappa shape index (κ3) is 19.7. The first-order chi connectivity index (χ1) is 62.6. The number of rotatable bonds is 20. The second-order valence-corrected chi connectivity index (χ2v) is 36.8. The fourth-order valence-corrected chi connectivity index (χ4v) is 19.4. The van der Waals surface area contributed by atoms with E-state index in [1.165, 1.54) is 40.5 Å². The van der Waals surface area contributed by atoms with Crippen LogP contribution < -0.4 is 31.0 Å². The molecule has 5 unspecified atom stereocenters. The molecule has 11 aromatic rings. The zero-order chi connectivity index (χ0) is 94.0. The first-order valence-electron chi connectivity index (χ1n) is 44.7. The Labute approximate surface area is 776 Å². The highest BCUT2D eigenvalue weighted by Gasteiger charge is 2.40. The molecule has 0 N–H and O–H groups in total. The van der Waals surface area contributed by atoms with Crippen molar-refractivity contribution in [2.75, 3.05) is 119 Å². The predicted octanol–water partition coefficient (Wildman–Crippen LogP) is 18.0. The summed E-state index contributed by atoms with van der Waals surface area (Å²) in [6.45, 7) is 43.8. The maximum atomic E-state index is 15.2. The molecule has 688 valence electrons. The van der Waals surface area contributed by atoms with Crippen LogP contribution in [0.5, 0.6) is 0 Å². The van der Waals surface area contributed by atoms with Crippen LogP contribution >= 0.6 is 34.8 Å². The van der Waals surface area contributed by atoms with Crippen LogP contribution in [0.15, 0.2) is 163 Å². The summed E-state index contributed by atoms with van der Waals surface area (Å²) in [6, 6.07) is 30.9. The number of hydrogen-bond donors (Lipinski definition) is 0. The minimum atomic E-state index is -2.57. The average Bonchev–Trinajstić information content (AvgIpc) is 1.33. The highest BCUT2D eigenvalue weighted by atomic mass is 35.5. The quantitative estimate of drug-likeness (QED) is 0.0511. The molecular formula is C100H113Cl3F4N18O6. The van der Waals surface area contributed by atoms with Crippen LogP contribution in [-0.2, 0) is 32.2 Å². The lowest BCUT2D eigenvalue weighted by Crippen LogP contribution is -2.58. The van der Waals surface area contributed by atoms with Crippen molar-refractivity contribution in [3.8, 4) is 45.0 Å². The van der Waals surface area contributed by atoms with Crippen molar-refractivity contribution in [3.63, 3.8) is 0 Å². The monoisotopic (exact) mass is 1840 g/mol. The standard InChI is InChI=1S/C35H40ClFN6O2.C35H37ClFN5O2.C30H36ClF2N7O2/c1-9-30(44)41-17-23(6)42(18-22(41)5)33-27-16-28(36)31(25-12-10-11-13-29(25)37)38-34(27)43(35(45)39-33)32-21(4)14-24(19-40(7)8)15-26(32)20(2)3;1-4-31(43)41-13-15-42(16-14-41)35-27-21-28(36)33(26-11-7-8-12-29(26)37)39-34(27)32(25-10-6-5-9-24(25)23(2)3)30(38-35)22-40-17-19-44-20-18-40;1-7-23(41)38-14-19(6)39(15-18(38)5)27-20-13-21(31)29(37-12-8-9-22(37)26(32)33)35-28(20)40(30(42)36-27)25-17(4)10-11-34-24(25)16(2)3/h9-16,20,22-23H,1,17-19H2,2-8H3;4-12,21,23H,1,13-20,22H2,2-3H3;7,10-11,13,16,18-19,22,26H,1,8-9,12,14-15H2,2-6H3. The summed E-state index contributed by atoms with van der Waals surface area (Å²) >= 11 is 20.6. The van der Waals surface area contributed by atoms with Crippen molar-refractivity contribution in [2.24, 2.45) is 0 Å². The molecule has 5 atom stereocenters. The Morgan fingerprint density at radius 3 is 1.59 bits per heavy atom. The molecule has 0 spiro atoms. The van der Waals surface area contributed by atoms with Crippen molar-refractivity contribution < 1.29 is 36.7 Å². The summed E-state index contributed by atoms with van der Waals surface area (Å²) in [5, 5.41) is 2.68. The van der Waals surface area contributed by atoms with E-state index in [1.807, 2.05) is 97.5 Å². The molecule has 7 aromatic heterocycles. The number of benzene rings is 4. The first kappa shape index (κ1) is 95.6. The molecule has 5 aliphatic heterocycles. The number of morpholine rings is 1. The van der Waals surface area contributed by atoms with Gasteiger partial charge in [0.25, 0.3) is 6.43 Å². The number of alkyl halides is 2. The Morgan fingerprint density at radius 1 is 0.534 bits per heavy atom. The number of aryl methyl sites for hydroxylation is 2. The number of carbonyl (C=O) groups is 3. The molecule has 0 radical (unpaired) electrons. The maximum absolute atomic E-state index is 15.2. The average molecular weight is 1850 g/mol. The van der Waals surface area contributed by atoms with E-state index in [4.69, 9.17) is 59.5 Å². The third-order valence-corrected chi connectivity index (χ3v) is 26.0. The van der Waals surface area contributed by atoms with Crippen LogP contribution in [0.25, 0.3) is 78.0 Å². The summed E-state index contributed by atoms with van der Waals surface area (Å²) in [5.41, 5.74) is 11.4. The van der Waals surface area contributed by atoms with Crippen LogP contribution in [0, 0.1) is 25.5 Å². The van der Waals surface area contributed by atoms with Gasteiger partial charge in [-0.1, -0.05) is 157 Å². The smallest absolute Gasteiger partial charge is 0.355 e. The van der Waals surface area contributed by atoms with E-state index >= 15 is 8.78 Å². The SMILES string of the molecule is C=CC(=O)N1CC(C)N(c2nc(=O)n(-c3c(C)cc(CN(C)C)cc3C(C)C)c3nc(-c4ccccc4F)c(Cl)cc23)CC1C.C=CC(=O)N1CC(C)N(c2nc(=O)n(-c3c(C)ccnc3C(C)C)c3nc(N4CCCC4C(F)F)c(Cl)cc23)CC1C.C=CC(=O)N1CCN(c2nc(CN3CCOCC3)c(-c3ccccc3C(C)C)c3nc(-c4ccccc4F)c(Cl)cc23)CC1. The van der Waals surface area contributed by atoms with Gasteiger partial charge >= 0.3 is 11.4 Å². The second-order valence-electron chi connectivity index (χ2n) is 35.6. The summed E-state index contributed by atoms with van der Waals surface area (Å²) in [6.07, 6.45) is 4.02. The van der Waals surface area contributed by atoms with Gasteiger partial charge in [0.05, 0.1) is 84.8 Å². The Kier molecular flexibility index (Phi) is 29.7. The molecule has 5 fully saturated rings. The molecular weight excluding hydrogens is 1730 g/mol. The molecule has 3 amide bonds. The van der Waals surface area contributed by atoms with Crippen molar-refractivity contribution in [1.82, 2.24) is 68.5 Å². The van der Waals surface area contributed by atoms with Gasteiger partial charge in [0, 0.05) is 138 Å². The van der Waals surface area contributed by atoms with Crippen LogP contribution in [0.4, 0.5) is 40.8 Å². The van der Waals surface area contributed by atoms with E-state index < -0.39 is 29.7 Å². The van der Waals surface area contributed by atoms with Crippen LogP contribution in [0.2, 0.25) is 15.1 Å².